The number of benzene rings is 1. The molecular formula is C12H15BrF3NO. The largest absolute Gasteiger partial charge is 0.416 e. The molecule has 18 heavy (non-hydrogen) atoms. The summed E-state index contributed by atoms with van der Waals surface area (Å²) in [6.45, 7) is 1.49. The van der Waals surface area contributed by atoms with Gasteiger partial charge in [-0.3, -0.25) is 0 Å². The van der Waals surface area contributed by atoms with Crippen LogP contribution >= 0.6 is 15.9 Å². The van der Waals surface area contributed by atoms with Gasteiger partial charge in [0.25, 0.3) is 0 Å². The zero-order chi connectivity index (χ0) is 13.8. The van der Waals surface area contributed by atoms with E-state index in [1.807, 2.05) is 0 Å². The van der Waals surface area contributed by atoms with Crippen molar-refractivity contribution in [2.75, 3.05) is 0 Å². The SMILES string of the molecule is CCC(N)C(OCc1cccc(Br)c1)C(F)(F)F. The summed E-state index contributed by atoms with van der Waals surface area (Å²) in [6.07, 6.45) is -6.16. The molecule has 2 unspecified atom stereocenters. The normalized spacial score (nSPS) is 15.4. The Morgan fingerprint density at radius 1 is 1.39 bits per heavy atom. The standard InChI is InChI=1S/C12H15BrF3NO/c1-2-10(17)11(12(14,15)16)18-7-8-4-3-5-9(13)6-8/h3-6,10-11H,2,7,17H2,1H3. The minimum Gasteiger partial charge on any atom is -0.362 e. The molecule has 1 aromatic rings. The van der Waals surface area contributed by atoms with Gasteiger partial charge in [0, 0.05) is 10.5 Å². The minimum atomic E-state index is -4.44. The number of halogens is 4. The van der Waals surface area contributed by atoms with Crippen LogP contribution < -0.4 is 5.73 Å². The Labute approximate surface area is 112 Å². The van der Waals surface area contributed by atoms with Crippen molar-refractivity contribution >= 4 is 15.9 Å². The van der Waals surface area contributed by atoms with Crippen molar-refractivity contribution in [2.24, 2.45) is 5.73 Å². The Morgan fingerprint density at radius 3 is 2.56 bits per heavy atom. The quantitative estimate of drug-likeness (QED) is 0.897. The molecule has 0 aliphatic carbocycles. The van der Waals surface area contributed by atoms with E-state index in [1.54, 1.807) is 31.2 Å². The molecule has 0 aromatic heterocycles. The van der Waals surface area contributed by atoms with E-state index < -0.39 is 18.3 Å². The molecule has 0 amide bonds. The molecule has 1 aromatic carbocycles. The van der Waals surface area contributed by atoms with Crippen molar-refractivity contribution in [3.05, 3.63) is 34.3 Å². The van der Waals surface area contributed by atoms with Crippen LogP contribution in [-0.2, 0) is 11.3 Å². The fourth-order valence-electron chi connectivity index (χ4n) is 1.49. The highest BCUT2D eigenvalue weighted by atomic mass is 79.9. The van der Waals surface area contributed by atoms with Gasteiger partial charge in [0.05, 0.1) is 6.61 Å². The zero-order valence-corrected chi connectivity index (χ0v) is 11.5. The Bertz CT molecular complexity index is 384. The van der Waals surface area contributed by atoms with Crippen molar-refractivity contribution in [2.45, 2.75) is 38.3 Å². The summed E-state index contributed by atoms with van der Waals surface area (Å²) in [5.74, 6) is 0. The lowest BCUT2D eigenvalue weighted by Gasteiger charge is -2.25. The third-order valence-corrected chi connectivity index (χ3v) is 2.99. The van der Waals surface area contributed by atoms with E-state index in [-0.39, 0.29) is 13.0 Å². The molecule has 0 spiro atoms. The molecule has 2 nitrogen and oxygen atoms in total. The molecule has 6 heteroatoms. The monoisotopic (exact) mass is 325 g/mol. The van der Waals surface area contributed by atoms with Gasteiger partial charge in [-0.2, -0.15) is 13.2 Å². The highest BCUT2D eigenvalue weighted by Crippen LogP contribution is 2.27. The van der Waals surface area contributed by atoms with Crippen LogP contribution in [0.5, 0.6) is 0 Å². The van der Waals surface area contributed by atoms with Crippen molar-refractivity contribution in [3.8, 4) is 0 Å². The molecule has 0 radical (unpaired) electrons. The molecule has 0 bridgehead atoms. The maximum atomic E-state index is 12.7. The van der Waals surface area contributed by atoms with Crippen LogP contribution in [0.3, 0.4) is 0 Å². The van der Waals surface area contributed by atoms with Crippen molar-refractivity contribution in [1.82, 2.24) is 0 Å². The van der Waals surface area contributed by atoms with E-state index in [4.69, 9.17) is 10.5 Å². The lowest BCUT2D eigenvalue weighted by atomic mass is 10.1. The van der Waals surface area contributed by atoms with Gasteiger partial charge in [0.2, 0.25) is 0 Å². The first-order valence-corrected chi connectivity index (χ1v) is 6.32. The van der Waals surface area contributed by atoms with Crippen molar-refractivity contribution < 1.29 is 17.9 Å². The fourth-order valence-corrected chi connectivity index (χ4v) is 1.93. The number of hydrogen-bond donors (Lipinski definition) is 1. The number of alkyl halides is 3. The average Bonchev–Trinajstić information content (AvgIpc) is 2.27. The first-order valence-electron chi connectivity index (χ1n) is 5.53. The van der Waals surface area contributed by atoms with Gasteiger partial charge in [-0.05, 0) is 24.1 Å². The Balaban J connectivity index is 2.68. The highest BCUT2D eigenvalue weighted by molar-refractivity contribution is 9.10. The molecule has 102 valence electrons. The maximum absolute atomic E-state index is 12.7. The van der Waals surface area contributed by atoms with E-state index in [2.05, 4.69) is 15.9 Å². The Hall–Kier alpha value is -0.590. The van der Waals surface area contributed by atoms with Gasteiger partial charge < -0.3 is 10.5 Å². The maximum Gasteiger partial charge on any atom is 0.416 e. The molecule has 0 aliphatic heterocycles. The Kier molecular flexibility index (Phi) is 5.62. The van der Waals surface area contributed by atoms with Crippen LogP contribution in [0, 0.1) is 0 Å². The molecule has 2 N–H and O–H groups in total. The van der Waals surface area contributed by atoms with Gasteiger partial charge in [-0.25, -0.2) is 0 Å². The summed E-state index contributed by atoms with van der Waals surface area (Å²) in [4.78, 5) is 0. The fraction of sp³-hybridized carbons (Fsp3) is 0.500. The number of nitrogens with two attached hydrogens (primary N) is 1. The summed E-state index contributed by atoms with van der Waals surface area (Å²) in [6, 6.07) is 5.91. The van der Waals surface area contributed by atoms with E-state index in [9.17, 15) is 13.2 Å². The van der Waals surface area contributed by atoms with Gasteiger partial charge in [0.1, 0.15) is 0 Å². The van der Waals surface area contributed by atoms with E-state index >= 15 is 0 Å². The predicted octanol–water partition coefficient (Wildman–Crippen LogP) is 3.63. The summed E-state index contributed by atoms with van der Waals surface area (Å²) in [5.41, 5.74) is 6.11. The van der Waals surface area contributed by atoms with Crippen LogP contribution in [0.1, 0.15) is 18.9 Å². The van der Waals surface area contributed by atoms with Gasteiger partial charge in [-0.15, -0.1) is 0 Å². The van der Waals surface area contributed by atoms with E-state index in [0.717, 1.165) is 4.47 Å². The summed E-state index contributed by atoms with van der Waals surface area (Å²) >= 11 is 3.25. The van der Waals surface area contributed by atoms with Gasteiger partial charge in [0.15, 0.2) is 6.10 Å². The third-order valence-electron chi connectivity index (χ3n) is 2.50. The summed E-state index contributed by atoms with van der Waals surface area (Å²) < 4.78 is 43.9. The summed E-state index contributed by atoms with van der Waals surface area (Å²) in [5, 5.41) is 0. The number of ether oxygens (including phenoxy) is 1. The lowest BCUT2D eigenvalue weighted by Crippen LogP contribution is -2.46. The molecule has 0 aliphatic rings. The minimum absolute atomic E-state index is 0.114. The second-order valence-electron chi connectivity index (χ2n) is 3.98. The molecular weight excluding hydrogens is 311 g/mol. The van der Waals surface area contributed by atoms with E-state index in [0.29, 0.717) is 5.56 Å². The van der Waals surface area contributed by atoms with Crippen LogP contribution in [0.15, 0.2) is 28.7 Å². The van der Waals surface area contributed by atoms with Gasteiger partial charge in [-0.1, -0.05) is 35.0 Å². The number of hydrogen-bond acceptors (Lipinski definition) is 2. The topological polar surface area (TPSA) is 35.2 Å². The van der Waals surface area contributed by atoms with Crippen LogP contribution in [-0.4, -0.2) is 18.3 Å². The first kappa shape index (κ1) is 15.5. The predicted molar refractivity (Wildman–Crippen MR) is 67.0 cm³/mol. The molecule has 2 atom stereocenters. The molecule has 0 heterocycles. The average molecular weight is 326 g/mol. The van der Waals surface area contributed by atoms with E-state index in [1.165, 1.54) is 0 Å². The van der Waals surface area contributed by atoms with Crippen molar-refractivity contribution in [3.63, 3.8) is 0 Å². The molecule has 1 rings (SSSR count). The Morgan fingerprint density at radius 2 is 2.06 bits per heavy atom. The first-order chi connectivity index (χ1) is 8.34. The second-order valence-corrected chi connectivity index (χ2v) is 4.89. The summed E-state index contributed by atoms with van der Waals surface area (Å²) in [7, 11) is 0. The van der Waals surface area contributed by atoms with Crippen molar-refractivity contribution in [1.29, 1.82) is 0 Å². The van der Waals surface area contributed by atoms with Crippen LogP contribution in [0.25, 0.3) is 0 Å². The van der Waals surface area contributed by atoms with Gasteiger partial charge >= 0.3 is 6.18 Å². The zero-order valence-electron chi connectivity index (χ0n) is 9.88. The smallest absolute Gasteiger partial charge is 0.362 e. The number of rotatable bonds is 5. The second kappa shape index (κ2) is 6.54. The lowest BCUT2D eigenvalue weighted by molar-refractivity contribution is -0.229. The molecule has 0 saturated heterocycles. The molecule has 0 saturated carbocycles. The highest BCUT2D eigenvalue weighted by Gasteiger charge is 2.43. The molecule has 0 fully saturated rings. The third kappa shape index (κ3) is 4.59. The van der Waals surface area contributed by atoms with Crippen LogP contribution in [0.2, 0.25) is 0 Å². The van der Waals surface area contributed by atoms with Crippen LogP contribution in [0.4, 0.5) is 13.2 Å².